The van der Waals surface area contributed by atoms with Crippen LogP contribution in [-0.4, -0.2) is 23.5 Å². The number of anilines is 1. The molecule has 1 aliphatic heterocycles. The third-order valence-electron chi connectivity index (χ3n) is 4.43. The standard InChI is InChI=1S/C19H16BrN3O/c20-14-8-6-12(7-9-14)15-11-22-18(15)19(24)23-16-5-1-3-13-4-2-10-21-17(13)16/h1-10,15,18,22H,11H2,(H,23,24)/t15-,18+/m1/s1. The van der Waals surface area contributed by atoms with E-state index < -0.39 is 0 Å². The van der Waals surface area contributed by atoms with Crippen molar-refractivity contribution in [3.8, 4) is 0 Å². The zero-order chi connectivity index (χ0) is 16.5. The minimum atomic E-state index is -0.217. The van der Waals surface area contributed by atoms with Crippen LogP contribution in [0.4, 0.5) is 5.69 Å². The second-order valence-electron chi connectivity index (χ2n) is 5.91. The van der Waals surface area contributed by atoms with Crippen molar-refractivity contribution in [2.24, 2.45) is 0 Å². The lowest BCUT2D eigenvalue weighted by Crippen LogP contribution is -2.57. The monoisotopic (exact) mass is 381 g/mol. The normalized spacial score (nSPS) is 19.7. The average Bonchev–Trinajstić information content (AvgIpc) is 2.56. The lowest BCUT2D eigenvalue weighted by Gasteiger charge is -2.37. The molecule has 4 rings (SSSR count). The number of pyridine rings is 1. The number of hydrogen-bond acceptors (Lipinski definition) is 3. The fraction of sp³-hybridized carbons (Fsp3) is 0.158. The molecule has 1 amide bonds. The molecule has 1 aromatic heterocycles. The molecule has 0 aliphatic carbocycles. The van der Waals surface area contributed by atoms with E-state index in [2.05, 4.69) is 43.7 Å². The van der Waals surface area contributed by atoms with Crippen molar-refractivity contribution >= 4 is 38.4 Å². The summed E-state index contributed by atoms with van der Waals surface area (Å²) in [5.74, 6) is 0.174. The molecule has 1 aliphatic rings. The molecule has 0 saturated carbocycles. The van der Waals surface area contributed by atoms with Gasteiger partial charge < -0.3 is 10.6 Å². The quantitative estimate of drug-likeness (QED) is 0.727. The first-order valence-corrected chi connectivity index (χ1v) is 8.65. The molecule has 4 nitrogen and oxygen atoms in total. The van der Waals surface area contributed by atoms with Gasteiger partial charge in [0.05, 0.1) is 17.2 Å². The Morgan fingerprint density at radius 1 is 1.12 bits per heavy atom. The Bertz CT molecular complexity index is 889. The highest BCUT2D eigenvalue weighted by Gasteiger charge is 2.37. The van der Waals surface area contributed by atoms with E-state index in [0.29, 0.717) is 0 Å². The van der Waals surface area contributed by atoms with Crippen molar-refractivity contribution in [2.75, 3.05) is 11.9 Å². The number of nitrogens with zero attached hydrogens (tertiary/aromatic N) is 1. The molecule has 2 aromatic carbocycles. The highest BCUT2D eigenvalue weighted by molar-refractivity contribution is 9.10. The van der Waals surface area contributed by atoms with Gasteiger partial charge in [0.25, 0.3) is 0 Å². The number of amides is 1. The van der Waals surface area contributed by atoms with E-state index in [-0.39, 0.29) is 17.9 Å². The van der Waals surface area contributed by atoms with Crippen molar-refractivity contribution in [3.63, 3.8) is 0 Å². The van der Waals surface area contributed by atoms with Gasteiger partial charge in [0.2, 0.25) is 5.91 Å². The van der Waals surface area contributed by atoms with Gasteiger partial charge in [-0.1, -0.05) is 46.3 Å². The molecule has 1 saturated heterocycles. The number of carbonyl (C=O) groups is 1. The summed E-state index contributed by atoms with van der Waals surface area (Å²) in [5, 5.41) is 7.27. The maximum absolute atomic E-state index is 12.7. The number of nitrogens with one attached hydrogen (secondary N) is 2. The second-order valence-corrected chi connectivity index (χ2v) is 6.83. The highest BCUT2D eigenvalue weighted by atomic mass is 79.9. The molecular weight excluding hydrogens is 366 g/mol. The van der Waals surface area contributed by atoms with Crippen LogP contribution >= 0.6 is 15.9 Å². The minimum Gasteiger partial charge on any atom is -0.323 e. The van der Waals surface area contributed by atoms with E-state index >= 15 is 0 Å². The SMILES string of the molecule is O=C(Nc1cccc2cccnc12)[C@H]1NC[C@@H]1c1ccc(Br)cc1. The van der Waals surface area contributed by atoms with Crippen LogP contribution < -0.4 is 10.6 Å². The number of benzene rings is 2. The Hall–Kier alpha value is -2.24. The number of hydrogen-bond donors (Lipinski definition) is 2. The van der Waals surface area contributed by atoms with Gasteiger partial charge in [-0.25, -0.2) is 0 Å². The predicted molar refractivity (Wildman–Crippen MR) is 99.0 cm³/mol. The Morgan fingerprint density at radius 2 is 1.92 bits per heavy atom. The van der Waals surface area contributed by atoms with Gasteiger partial charge >= 0.3 is 0 Å². The summed E-state index contributed by atoms with van der Waals surface area (Å²) in [6.45, 7) is 0.813. The lowest BCUT2D eigenvalue weighted by molar-refractivity contribution is -0.120. The first-order chi connectivity index (χ1) is 11.7. The summed E-state index contributed by atoms with van der Waals surface area (Å²) in [6.07, 6.45) is 1.74. The van der Waals surface area contributed by atoms with Gasteiger partial charge in [-0.15, -0.1) is 0 Å². The number of para-hydroxylation sites is 1. The van der Waals surface area contributed by atoms with E-state index in [1.807, 2.05) is 42.5 Å². The van der Waals surface area contributed by atoms with Gasteiger partial charge in [0, 0.05) is 28.5 Å². The van der Waals surface area contributed by atoms with Crippen molar-refractivity contribution in [1.29, 1.82) is 0 Å². The van der Waals surface area contributed by atoms with Crippen molar-refractivity contribution in [3.05, 3.63) is 70.8 Å². The van der Waals surface area contributed by atoms with Crippen LogP contribution in [0.25, 0.3) is 10.9 Å². The number of halogens is 1. The van der Waals surface area contributed by atoms with Gasteiger partial charge in [0.15, 0.2) is 0 Å². The maximum Gasteiger partial charge on any atom is 0.242 e. The van der Waals surface area contributed by atoms with E-state index in [1.165, 1.54) is 5.56 Å². The fourth-order valence-electron chi connectivity index (χ4n) is 3.06. The minimum absolute atomic E-state index is 0.0210. The number of carbonyl (C=O) groups excluding carboxylic acids is 1. The summed E-state index contributed by atoms with van der Waals surface area (Å²) in [4.78, 5) is 17.1. The van der Waals surface area contributed by atoms with Crippen LogP contribution in [0.2, 0.25) is 0 Å². The summed E-state index contributed by atoms with van der Waals surface area (Å²) < 4.78 is 1.04. The molecule has 0 unspecified atom stereocenters. The Morgan fingerprint density at radius 3 is 2.67 bits per heavy atom. The first kappa shape index (κ1) is 15.3. The molecular formula is C19H16BrN3O. The third kappa shape index (κ3) is 2.81. The molecule has 0 bridgehead atoms. The lowest BCUT2D eigenvalue weighted by atomic mass is 9.84. The summed E-state index contributed by atoms with van der Waals surface area (Å²) in [6, 6.07) is 17.6. The summed E-state index contributed by atoms with van der Waals surface area (Å²) in [5.41, 5.74) is 2.74. The largest absolute Gasteiger partial charge is 0.323 e. The van der Waals surface area contributed by atoms with Gasteiger partial charge in [-0.2, -0.15) is 0 Å². The van der Waals surface area contributed by atoms with E-state index in [9.17, 15) is 4.79 Å². The van der Waals surface area contributed by atoms with Crippen LogP contribution in [0.1, 0.15) is 11.5 Å². The van der Waals surface area contributed by atoms with Crippen LogP contribution in [0.15, 0.2) is 65.3 Å². The predicted octanol–water partition coefficient (Wildman–Crippen LogP) is 3.69. The van der Waals surface area contributed by atoms with Gasteiger partial charge in [-0.05, 0) is 29.8 Å². The average molecular weight is 382 g/mol. The topological polar surface area (TPSA) is 54.0 Å². The van der Waals surface area contributed by atoms with Crippen molar-refractivity contribution in [1.82, 2.24) is 10.3 Å². The number of aromatic nitrogens is 1. The Balaban J connectivity index is 1.54. The summed E-state index contributed by atoms with van der Waals surface area (Å²) >= 11 is 3.44. The molecule has 120 valence electrons. The number of fused-ring (bicyclic) bond motifs is 1. The number of rotatable bonds is 3. The molecule has 24 heavy (non-hydrogen) atoms. The molecule has 2 atom stereocenters. The van der Waals surface area contributed by atoms with Crippen LogP contribution in [0, 0.1) is 0 Å². The molecule has 1 fully saturated rings. The maximum atomic E-state index is 12.7. The van der Waals surface area contributed by atoms with Crippen LogP contribution in [0.3, 0.4) is 0 Å². The molecule has 2 N–H and O–H groups in total. The smallest absolute Gasteiger partial charge is 0.242 e. The highest BCUT2D eigenvalue weighted by Crippen LogP contribution is 2.29. The molecule has 2 heterocycles. The Labute approximate surface area is 148 Å². The van der Waals surface area contributed by atoms with Crippen molar-refractivity contribution in [2.45, 2.75) is 12.0 Å². The fourth-order valence-corrected chi connectivity index (χ4v) is 3.33. The van der Waals surface area contributed by atoms with E-state index in [4.69, 9.17) is 0 Å². The third-order valence-corrected chi connectivity index (χ3v) is 4.96. The zero-order valence-electron chi connectivity index (χ0n) is 12.9. The first-order valence-electron chi connectivity index (χ1n) is 7.86. The molecule has 5 heteroatoms. The Kier molecular flexibility index (Phi) is 4.04. The summed E-state index contributed by atoms with van der Waals surface area (Å²) in [7, 11) is 0. The van der Waals surface area contributed by atoms with Gasteiger partial charge in [0.1, 0.15) is 0 Å². The molecule has 0 spiro atoms. The molecule has 3 aromatic rings. The van der Waals surface area contributed by atoms with E-state index in [1.54, 1.807) is 6.20 Å². The van der Waals surface area contributed by atoms with Crippen LogP contribution in [-0.2, 0) is 4.79 Å². The van der Waals surface area contributed by atoms with Gasteiger partial charge in [-0.3, -0.25) is 9.78 Å². The second kappa shape index (κ2) is 6.34. The van der Waals surface area contributed by atoms with Crippen molar-refractivity contribution < 1.29 is 4.79 Å². The van der Waals surface area contributed by atoms with E-state index in [0.717, 1.165) is 27.6 Å². The zero-order valence-corrected chi connectivity index (χ0v) is 14.5. The molecule has 0 radical (unpaired) electrons. The van der Waals surface area contributed by atoms with Crippen LogP contribution in [0.5, 0.6) is 0 Å².